The summed E-state index contributed by atoms with van der Waals surface area (Å²) >= 11 is 0. The summed E-state index contributed by atoms with van der Waals surface area (Å²) in [6.07, 6.45) is 2.48. The summed E-state index contributed by atoms with van der Waals surface area (Å²) < 4.78 is 5.82. The minimum atomic E-state index is 0.264. The first-order valence-corrected chi connectivity index (χ1v) is 6.13. The Bertz CT molecular complexity index is 415. The molecule has 0 spiro atoms. The van der Waals surface area contributed by atoms with Gasteiger partial charge in [-0.3, -0.25) is 0 Å². The van der Waals surface area contributed by atoms with E-state index in [1.54, 1.807) is 0 Å². The van der Waals surface area contributed by atoms with Crippen LogP contribution >= 0.6 is 0 Å². The van der Waals surface area contributed by atoms with E-state index in [1.807, 2.05) is 25.1 Å². The van der Waals surface area contributed by atoms with Crippen LogP contribution < -0.4 is 10.5 Å². The molecule has 0 saturated heterocycles. The molecule has 2 heteroatoms. The predicted molar refractivity (Wildman–Crippen MR) is 72.1 cm³/mol. The van der Waals surface area contributed by atoms with Gasteiger partial charge >= 0.3 is 0 Å². The maximum absolute atomic E-state index is 5.82. The van der Waals surface area contributed by atoms with Gasteiger partial charge < -0.3 is 10.5 Å². The summed E-state index contributed by atoms with van der Waals surface area (Å²) in [6.45, 7) is 6.70. The van der Waals surface area contributed by atoms with Crippen molar-refractivity contribution in [3.8, 4) is 17.6 Å². The van der Waals surface area contributed by atoms with E-state index in [-0.39, 0.29) is 6.10 Å². The van der Waals surface area contributed by atoms with E-state index in [1.165, 1.54) is 0 Å². The minimum absolute atomic E-state index is 0.264. The van der Waals surface area contributed by atoms with Crippen molar-refractivity contribution in [2.24, 2.45) is 5.73 Å². The summed E-state index contributed by atoms with van der Waals surface area (Å²) in [4.78, 5) is 0. The van der Waals surface area contributed by atoms with E-state index in [2.05, 4.69) is 25.7 Å². The zero-order chi connectivity index (χ0) is 12.7. The monoisotopic (exact) mass is 231 g/mol. The summed E-state index contributed by atoms with van der Waals surface area (Å²) in [6, 6.07) is 6.00. The highest BCUT2D eigenvalue weighted by Crippen LogP contribution is 2.18. The van der Waals surface area contributed by atoms with Gasteiger partial charge in [0.15, 0.2) is 0 Å². The fourth-order valence-electron chi connectivity index (χ4n) is 1.69. The average molecular weight is 231 g/mol. The molecule has 0 saturated carbocycles. The van der Waals surface area contributed by atoms with Gasteiger partial charge in [0.2, 0.25) is 0 Å². The van der Waals surface area contributed by atoms with Crippen molar-refractivity contribution in [1.29, 1.82) is 0 Å². The molecule has 1 aromatic rings. The van der Waals surface area contributed by atoms with E-state index < -0.39 is 0 Å². The number of hydrogen-bond acceptors (Lipinski definition) is 2. The van der Waals surface area contributed by atoms with Crippen molar-refractivity contribution < 1.29 is 4.74 Å². The Morgan fingerprint density at radius 1 is 1.41 bits per heavy atom. The summed E-state index contributed by atoms with van der Waals surface area (Å²) in [7, 11) is 0. The van der Waals surface area contributed by atoms with Crippen molar-refractivity contribution in [1.82, 2.24) is 0 Å². The van der Waals surface area contributed by atoms with Gasteiger partial charge in [-0.1, -0.05) is 25.2 Å². The van der Waals surface area contributed by atoms with Crippen molar-refractivity contribution in [2.75, 3.05) is 6.54 Å². The first-order chi connectivity index (χ1) is 8.17. The standard InChI is InChI=1S/C15H21NO/c1-4-6-13(3)17-15-9-8-14(7-5-10-16)12(2)11-15/h8-9,11,13H,4,6,10,16H2,1-3H3. The lowest BCUT2D eigenvalue weighted by molar-refractivity contribution is 0.210. The number of benzene rings is 1. The topological polar surface area (TPSA) is 35.2 Å². The number of aryl methyl sites for hydroxylation is 1. The number of ether oxygens (including phenoxy) is 1. The van der Waals surface area contributed by atoms with Gasteiger partial charge in [-0.2, -0.15) is 0 Å². The molecule has 92 valence electrons. The van der Waals surface area contributed by atoms with Crippen LogP contribution in [0.15, 0.2) is 18.2 Å². The highest BCUT2D eigenvalue weighted by molar-refractivity contribution is 5.44. The molecule has 0 aromatic heterocycles. The predicted octanol–water partition coefficient (Wildman–Crippen LogP) is 2.87. The summed E-state index contributed by atoms with van der Waals surface area (Å²) in [5.74, 6) is 6.83. The average Bonchev–Trinajstić information content (AvgIpc) is 2.28. The molecule has 0 aliphatic heterocycles. The van der Waals surface area contributed by atoms with Crippen LogP contribution in [0.5, 0.6) is 5.75 Å². The third-order valence-corrected chi connectivity index (χ3v) is 2.56. The lowest BCUT2D eigenvalue weighted by Gasteiger charge is -2.14. The van der Waals surface area contributed by atoms with Crippen molar-refractivity contribution in [3.05, 3.63) is 29.3 Å². The molecule has 17 heavy (non-hydrogen) atoms. The zero-order valence-electron chi connectivity index (χ0n) is 10.9. The van der Waals surface area contributed by atoms with Gasteiger partial charge in [0, 0.05) is 5.56 Å². The van der Waals surface area contributed by atoms with E-state index >= 15 is 0 Å². The molecular formula is C15H21NO. The second-order valence-corrected chi connectivity index (χ2v) is 4.20. The molecule has 1 rings (SSSR count). The maximum atomic E-state index is 5.82. The zero-order valence-corrected chi connectivity index (χ0v) is 10.9. The first kappa shape index (κ1) is 13.6. The van der Waals surface area contributed by atoms with Crippen LogP contribution in [0.4, 0.5) is 0 Å². The number of hydrogen-bond donors (Lipinski definition) is 1. The fourth-order valence-corrected chi connectivity index (χ4v) is 1.69. The Balaban J connectivity index is 2.75. The van der Waals surface area contributed by atoms with Crippen LogP contribution in [0.25, 0.3) is 0 Å². The van der Waals surface area contributed by atoms with Gasteiger partial charge in [-0.05, 0) is 44.0 Å². The molecule has 1 unspecified atom stereocenters. The molecule has 0 bridgehead atoms. The molecule has 0 amide bonds. The Hall–Kier alpha value is -1.46. The van der Waals surface area contributed by atoms with Crippen LogP contribution in [-0.2, 0) is 0 Å². The van der Waals surface area contributed by atoms with Crippen LogP contribution in [0, 0.1) is 18.8 Å². The SMILES string of the molecule is CCCC(C)Oc1ccc(C#CCN)c(C)c1. The summed E-state index contributed by atoms with van der Waals surface area (Å²) in [5.41, 5.74) is 7.51. The smallest absolute Gasteiger partial charge is 0.120 e. The Kier molecular flexibility index (Phi) is 5.59. The quantitative estimate of drug-likeness (QED) is 0.809. The van der Waals surface area contributed by atoms with E-state index in [4.69, 9.17) is 10.5 Å². The van der Waals surface area contributed by atoms with E-state index in [0.717, 1.165) is 29.7 Å². The molecule has 0 fully saturated rings. The fraction of sp³-hybridized carbons (Fsp3) is 0.467. The Morgan fingerprint density at radius 3 is 2.76 bits per heavy atom. The van der Waals surface area contributed by atoms with Crippen molar-refractivity contribution in [2.45, 2.75) is 39.7 Å². The van der Waals surface area contributed by atoms with Crippen LogP contribution in [0.2, 0.25) is 0 Å². The van der Waals surface area contributed by atoms with E-state index in [0.29, 0.717) is 6.54 Å². The molecule has 2 nitrogen and oxygen atoms in total. The highest BCUT2D eigenvalue weighted by atomic mass is 16.5. The van der Waals surface area contributed by atoms with Gasteiger partial charge in [-0.15, -0.1) is 0 Å². The second kappa shape index (κ2) is 6.98. The maximum Gasteiger partial charge on any atom is 0.120 e. The minimum Gasteiger partial charge on any atom is -0.491 e. The van der Waals surface area contributed by atoms with E-state index in [9.17, 15) is 0 Å². The van der Waals surface area contributed by atoms with Crippen LogP contribution in [0.1, 0.15) is 37.8 Å². The number of rotatable bonds is 4. The van der Waals surface area contributed by atoms with Crippen LogP contribution in [-0.4, -0.2) is 12.6 Å². The van der Waals surface area contributed by atoms with Crippen LogP contribution in [0.3, 0.4) is 0 Å². The Morgan fingerprint density at radius 2 is 2.18 bits per heavy atom. The largest absolute Gasteiger partial charge is 0.491 e. The van der Waals surface area contributed by atoms with Gasteiger partial charge in [0.25, 0.3) is 0 Å². The van der Waals surface area contributed by atoms with Gasteiger partial charge in [0.05, 0.1) is 12.6 Å². The normalized spacial score (nSPS) is 11.5. The third kappa shape index (κ3) is 4.50. The van der Waals surface area contributed by atoms with Gasteiger partial charge in [0.1, 0.15) is 5.75 Å². The molecule has 1 aromatic carbocycles. The molecule has 1 atom stereocenters. The molecular weight excluding hydrogens is 210 g/mol. The molecule has 0 heterocycles. The second-order valence-electron chi connectivity index (χ2n) is 4.20. The molecule has 2 N–H and O–H groups in total. The summed E-state index contributed by atoms with van der Waals surface area (Å²) in [5, 5.41) is 0. The Labute approximate surface area is 104 Å². The first-order valence-electron chi connectivity index (χ1n) is 6.13. The molecule has 0 aliphatic carbocycles. The lowest BCUT2D eigenvalue weighted by atomic mass is 10.1. The molecule has 0 radical (unpaired) electrons. The highest BCUT2D eigenvalue weighted by Gasteiger charge is 2.04. The number of nitrogens with two attached hydrogens (primary N) is 1. The molecule has 0 aliphatic rings. The lowest BCUT2D eigenvalue weighted by Crippen LogP contribution is -2.11. The third-order valence-electron chi connectivity index (χ3n) is 2.56. The van der Waals surface area contributed by atoms with Crippen molar-refractivity contribution >= 4 is 0 Å². The van der Waals surface area contributed by atoms with Crippen molar-refractivity contribution in [3.63, 3.8) is 0 Å². The van der Waals surface area contributed by atoms with Gasteiger partial charge in [-0.25, -0.2) is 0 Å².